The van der Waals surface area contributed by atoms with Crippen LogP contribution in [0.25, 0.3) is 11.1 Å². The first-order valence-corrected chi connectivity index (χ1v) is 14.3. The molecule has 4 rings (SSSR count). The number of ketones is 1. The van der Waals surface area contributed by atoms with Crippen LogP contribution < -0.4 is 4.74 Å². The van der Waals surface area contributed by atoms with Crippen LogP contribution in [0.15, 0.2) is 60.7 Å². The Balaban J connectivity index is 1.38. The van der Waals surface area contributed by atoms with Crippen LogP contribution in [0.1, 0.15) is 37.7 Å². The van der Waals surface area contributed by atoms with Crippen molar-refractivity contribution in [2.24, 2.45) is 5.92 Å². The SMILES string of the molecule is COc1ccc(-c2ccc(CO[C@H]3CC(=O)[C@H](N4CCSCC4)[C@H]3CC=CCCCC(=O)O)cc2)cc1. The van der Waals surface area contributed by atoms with Gasteiger partial charge in [-0.3, -0.25) is 14.5 Å². The number of Topliss-reactive ketones (excluding diaryl/α,β-unsaturated/α-hetero) is 1. The number of thioether (sulfide) groups is 1. The van der Waals surface area contributed by atoms with E-state index in [1.54, 1.807) is 7.11 Å². The van der Waals surface area contributed by atoms with Crippen LogP contribution in [0.4, 0.5) is 0 Å². The lowest BCUT2D eigenvalue weighted by molar-refractivity contribution is -0.137. The second kappa shape index (κ2) is 13.8. The molecule has 0 unspecified atom stereocenters. The van der Waals surface area contributed by atoms with Crippen molar-refractivity contribution < 1.29 is 24.2 Å². The molecule has 1 saturated carbocycles. The predicted octanol–water partition coefficient (Wildman–Crippen LogP) is 5.46. The molecule has 1 aliphatic carbocycles. The van der Waals surface area contributed by atoms with Crippen molar-refractivity contribution >= 4 is 23.5 Å². The van der Waals surface area contributed by atoms with E-state index in [0.29, 0.717) is 19.4 Å². The van der Waals surface area contributed by atoms with Crippen molar-refractivity contribution in [1.82, 2.24) is 4.90 Å². The molecule has 1 aliphatic heterocycles. The number of hydrogen-bond acceptors (Lipinski definition) is 6. The number of carboxylic acid groups (broad SMARTS) is 1. The van der Waals surface area contributed by atoms with Crippen LogP contribution >= 0.6 is 11.8 Å². The molecule has 0 aromatic heterocycles. The number of benzene rings is 2. The maximum atomic E-state index is 13.1. The summed E-state index contributed by atoms with van der Waals surface area (Å²) in [4.78, 5) is 26.2. The van der Waals surface area contributed by atoms with E-state index < -0.39 is 5.97 Å². The molecule has 2 aromatic rings. The summed E-state index contributed by atoms with van der Waals surface area (Å²) >= 11 is 1.95. The van der Waals surface area contributed by atoms with Crippen LogP contribution in [-0.4, -0.2) is 65.6 Å². The number of hydrogen-bond donors (Lipinski definition) is 1. The molecule has 0 amide bonds. The summed E-state index contributed by atoms with van der Waals surface area (Å²) in [6.45, 7) is 2.36. The summed E-state index contributed by atoms with van der Waals surface area (Å²) < 4.78 is 11.6. The molecule has 0 bridgehead atoms. The standard InChI is InChI=1S/C30H37NO5S/c1-35-25-14-12-24(13-15-25)23-10-8-22(9-11-23)21-36-28-20-27(32)30(31-16-18-37-19-17-31)26(28)6-4-2-3-5-7-29(33)34/h2,4,8-15,26,28,30H,3,5-7,16-21H2,1H3,(H,33,34)/t26-,28-,30+/m0/s1. The van der Waals surface area contributed by atoms with Gasteiger partial charge in [0, 0.05) is 43.4 Å². The molecule has 1 heterocycles. The highest BCUT2D eigenvalue weighted by atomic mass is 32.2. The molecular formula is C30H37NO5S. The molecule has 6 nitrogen and oxygen atoms in total. The summed E-state index contributed by atoms with van der Waals surface area (Å²) in [6.07, 6.45) is 6.85. The van der Waals surface area contributed by atoms with Gasteiger partial charge in [-0.1, -0.05) is 48.6 Å². The van der Waals surface area contributed by atoms with Crippen molar-refractivity contribution in [3.63, 3.8) is 0 Å². The Hall–Kier alpha value is -2.61. The zero-order valence-corrected chi connectivity index (χ0v) is 22.3. The highest BCUT2D eigenvalue weighted by Crippen LogP contribution is 2.35. The zero-order valence-electron chi connectivity index (χ0n) is 21.5. The van der Waals surface area contributed by atoms with Gasteiger partial charge in [0.2, 0.25) is 0 Å². The average Bonchev–Trinajstić information content (AvgIpc) is 3.24. The van der Waals surface area contributed by atoms with E-state index in [1.807, 2.05) is 36.0 Å². The summed E-state index contributed by atoms with van der Waals surface area (Å²) in [5.74, 6) is 2.61. The van der Waals surface area contributed by atoms with Gasteiger partial charge in [-0.25, -0.2) is 0 Å². The summed E-state index contributed by atoms with van der Waals surface area (Å²) in [6, 6.07) is 16.3. The molecule has 2 aliphatic rings. The molecule has 0 spiro atoms. The fourth-order valence-corrected chi connectivity index (χ4v) is 6.16. The predicted molar refractivity (Wildman–Crippen MR) is 148 cm³/mol. The molecule has 2 fully saturated rings. The molecule has 0 radical (unpaired) electrons. The monoisotopic (exact) mass is 523 g/mol. The van der Waals surface area contributed by atoms with E-state index in [-0.39, 0.29) is 30.3 Å². The van der Waals surface area contributed by atoms with Gasteiger partial charge in [-0.05, 0) is 48.1 Å². The number of rotatable bonds is 12. The van der Waals surface area contributed by atoms with Gasteiger partial charge in [-0.15, -0.1) is 0 Å². The number of unbranched alkanes of at least 4 members (excludes halogenated alkanes) is 1. The van der Waals surface area contributed by atoms with Crippen LogP contribution in [0.3, 0.4) is 0 Å². The minimum absolute atomic E-state index is 0.0907. The third-order valence-electron chi connectivity index (χ3n) is 7.23. The Morgan fingerprint density at radius 3 is 2.38 bits per heavy atom. The molecule has 7 heteroatoms. The maximum Gasteiger partial charge on any atom is 0.303 e. The third kappa shape index (κ3) is 7.69. The first-order valence-electron chi connectivity index (χ1n) is 13.1. The first kappa shape index (κ1) is 27.4. The van der Waals surface area contributed by atoms with Crippen molar-refractivity contribution in [3.05, 3.63) is 66.2 Å². The number of methoxy groups -OCH3 is 1. The van der Waals surface area contributed by atoms with E-state index in [0.717, 1.165) is 59.9 Å². The van der Waals surface area contributed by atoms with E-state index in [1.165, 1.54) is 0 Å². The number of nitrogens with zero attached hydrogens (tertiary/aromatic N) is 1. The topological polar surface area (TPSA) is 76.1 Å². The number of ether oxygens (including phenoxy) is 2. The van der Waals surface area contributed by atoms with Gasteiger partial charge in [0.05, 0.1) is 25.9 Å². The number of aliphatic carboxylic acids is 1. The Bertz CT molecular complexity index is 1050. The molecule has 1 saturated heterocycles. The van der Waals surface area contributed by atoms with E-state index in [2.05, 4.69) is 41.3 Å². The number of allylic oxidation sites excluding steroid dienone is 2. The van der Waals surface area contributed by atoms with Crippen molar-refractivity contribution in [2.45, 2.75) is 50.9 Å². The largest absolute Gasteiger partial charge is 0.497 e. The Kier molecular flexibility index (Phi) is 10.2. The Labute approximate surface area is 224 Å². The minimum Gasteiger partial charge on any atom is -0.497 e. The zero-order chi connectivity index (χ0) is 26.0. The fraction of sp³-hybridized carbons (Fsp3) is 0.467. The molecule has 3 atom stereocenters. The smallest absolute Gasteiger partial charge is 0.303 e. The van der Waals surface area contributed by atoms with Gasteiger partial charge >= 0.3 is 5.97 Å². The molecular weight excluding hydrogens is 486 g/mol. The fourth-order valence-electron chi connectivity index (χ4n) is 5.23. The lowest BCUT2D eigenvalue weighted by atomic mass is 9.95. The second-order valence-electron chi connectivity index (χ2n) is 9.70. The number of carboxylic acids is 1. The Morgan fingerprint density at radius 2 is 1.73 bits per heavy atom. The molecule has 198 valence electrons. The van der Waals surface area contributed by atoms with Crippen molar-refractivity contribution in [3.8, 4) is 16.9 Å². The second-order valence-corrected chi connectivity index (χ2v) is 10.9. The molecule has 1 N–H and O–H groups in total. The van der Waals surface area contributed by atoms with Crippen LogP contribution in [0, 0.1) is 5.92 Å². The number of carbonyl (C=O) groups excluding carboxylic acids is 1. The highest BCUT2D eigenvalue weighted by molar-refractivity contribution is 7.99. The van der Waals surface area contributed by atoms with E-state index in [9.17, 15) is 9.59 Å². The minimum atomic E-state index is -0.761. The van der Waals surface area contributed by atoms with Crippen molar-refractivity contribution in [1.29, 1.82) is 0 Å². The van der Waals surface area contributed by atoms with Gasteiger partial charge in [-0.2, -0.15) is 11.8 Å². The maximum absolute atomic E-state index is 13.1. The van der Waals surface area contributed by atoms with Gasteiger partial charge in [0.15, 0.2) is 5.78 Å². The summed E-state index contributed by atoms with van der Waals surface area (Å²) in [7, 11) is 1.67. The van der Waals surface area contributed by atoms with Gasteiger partial charge in [0.25, 0.3) is 0 Å². The molecule has 2 aromatic carbocycles. The highest BCUT2D eigenvalue weighted by Gasteiger charge is 2.45. The van der Waals surface area contributed by atoms with Crippen LogP contribution in [0.2, 0.25) is 0 Å². The van der Waals surface area contributed by atoms with E-state index >= 15 is 0 Å². The lowest BCUT2D eigenvalue weighted by Crippen LogP contribution is -2.47. The number of carbonyl (C=O) groups is 2. The first-order chi connectivity index (χ1) is 18.0. The molecule has 37 heavy (non-hydrogen) atoms. The van der Waals surface area contributed by atoms with Crippen molar-refractivity contribution in [2.75, 3.05) is 31.7 Å². The van der Waals surface area contributed by atoms with Crippen LogP contribution in [0.5, 0.6) is 5.75 Å². The summed E-state index contributed by atoms with van der Waals surface area (Å²) in [5, 5.41) is 8.84. The van der Waals surface area contributed by atoms with Crippen LogP contribution in [-0.2, 0) is 20.9 Å². The van der Waals surface area contributed by atoms with Gasteiger partial charge in [0.1, 0.15) is 5.75 Å². The van der Waals surface area contributed by atoms with E-state index in [4.69, 9.17) is 14.6 Å². The quantitative estimate of drug-likeness (QED) is 0.293. The summed E-state index contributed by atoms with van der Waals surface area (Å²) in [5.41, 5.74) is 3.36. The lowest BCUT2D eigenvalue weighted by Gasteiger charge is -2.35. The Morgan fingerprint density at radius 1 is 1.05 bits per heavy atom. The normalized spacial score (nSPS) is 22.5. The third-order valence-corrected chi connectivity index (χ3v) is 8.17. The average molecular weight is 524 g/mol. The van der Waals surface area contributed by atoms with Gasteiger partial charge < -0.3 is 14.6 Å².